The molecule has 8 nitrogen and oxygen atoms in total. The van der Waals surface area contributed by atoms with Gasteiger partial charge >= 0.3 is 6.01 Å². The number of carbonyl (C=O) groups excluding carboxylic acids is 1. The smallest absolute Gasteiger partial charge is 0.336 e. The number of aromatic amines is 1. The Morgan fingerprint density at radius 1 is 1.59 bits per heavy atom. The number of nitrogens with zero attached hydrogens (tertiary/aromatic N) is 2. The van der Waals surface area contributed by atoms with Crippen LogP contribution in [0.25, 0.3) is 0 Å². The Hall–Kier alpha value is -1.64. The van der Waals surface area contributed by atoms with Gasteiger partial charge < -0.3 is 4.74 Å². The fraction of sp³-hybridized carbons (Fsp3) is 0.625. The fourth-order valence-electron chi connectivity index (χ4n) is 1.61. The van der Waals surface area contributed by atoms with Crippen LogP contribution in [0.1, 0.15) is 6.42 Å². The van der Waals surface area contributed by atoms with Gasteiger partial charge in [-0.3, -0.25) is 10.1 Å². The Kier molecular flexibility index (Phi) is 3.01. The molecule has 1 atom stereocenters. The lowest BCUT2D eigenvalue weighted by Crippen LogP contribution is -2.24. The molecule has 2 N–H and O–H groups in total. The van der Waals surface area contributed by atoms with E-state index >= 15 is 0 Å². The lowest BCUT2D eigenvalue weighted by molar-refractivity contribution is -0.119. The van der Waals surface area contributed by atoms with Crippen LogP contribution in [-0.4, -0.2) is 48.1 Å². The Bertz CT molecular complexity index is 523. The van der Waals surface area contributed by atoms with Gasteiger partial charge in [0.1, 0.15) is 0 Å². The molecule has 9 heteroatoms. The molecule has 2 rings (SSSR count). The van der Waals surface area contributed by atoms with Crippen molar-refractivity contribution in [1.29, 1.82) is 0 Å². The quantitative estimate of drug-likeness (QED) is 0.734. The van der Waals surface area contributed by atoms with E-state index in [2.05, 4.69) is 20.5 Å². The van der Waals surface area contributed by atoms with Crippen LogP contribution in [0.5, 0.6) is 6.01 Å². The summed E-state index contributed by atoms with van der Waals surface area (Å²) in [5, 5.41) is 8.58. The van der Waals surface area contributed by atoms with Crippen LogP contribution in [0.2, 0.25) is 0 Å². The van der Waals surface area contributed by atoms with E-state index in [1.54, 1.807) is 0 Å². The number of H-pyrrole nitrogens is 1. The highest BCUT2D eigenvalue weighted by molar-refractivity contribution is 7.91. The fourth-order valence-corrected chi connectivity index (χ4v) is 3.36. The van der Waals surface area contributed by atoms with Crippen LogP contribution in [-0.2, 0) is 14.6 Å². The van der Waals surface area contributed by atoms with Gasteiger partial charge in [-0.2, -0.15) is 4.98 Å². The Morgan fingerprint density at radius 2 is 2.35 bits per heavy atom. The predicted molar refractivity (Wildman–Crippen MR) is 58.3 cm³/mol. The highest BCUT2D eigenvalue weighted by Crippen LogP contribution is 2.19. The summed E-state index contributed by atoms with van der Waals surface area (Å²) in [7, 11) is -1.66. The molecule has 1 aliphatic heterocycles. The topological polar surface area (TPSA) is 114 Å². The van der Waals surface area contributed by atoms with E-state index in [-0.39, 0.29) is 29.4 Å². The average Bonchev–Trinajstić information content (AvgIpc) is 2.84. The molecule has 1 aliphatic rings. The Morgan fingerprint density at radius 3 is 2.88 bits per heavy atom. The minimum absolute atomic E-state index is 0.0603. The molecule has 1 aromatic rings. The van der Waals surface area contributed by atoms with Crippen LogP contribution < -0.4 is 10.1 Å². The summed E-state index contributed by atoms with van der Waals surface area (Å²) >= 11 is 0. The second-order valence-electron chi connectivity index (χ2n) is 3.76. The number of hydrogen-bond acceptors (Lipinski definition) is 6. The number of hydrogen-bond donors (Lipinski definition) is 2. The number of amides is 1. The lowest BCUT2D eigenvalue weighted by Gasteiger charge is -2.05. The molecule has 0 aliphatic carbocycles. The van der Waals surface area contributed by atoms with E-state index in [4.69, 9.17) is 4.74 Å². The van der Waals surface area contributed by atoms with Crippen molar-refractivity contribution in [3.05, 3.63) is 0 Å². The van der Waals surface area contributed by atoms with Gasteiger partial charge in [-0.05, 0) is 6.42 Å². The summed E-state index contributed by atoms with van der Waals surface area (Å²) in [5.41, 5.74) is 0. The van der Waals surface area contributed by atoms with Gasteiger partial charge in [0.2, 0.25) is 11.9 Å². The third kappa shape index (κ3) is 2.73. The van der Waals surface area contributed by atoms with Crippen LogP contribution in [0.4, 0.5) is 5.95 Å². The number of ether oxygens (including phenoxy) is 1. The van der Waals surface area contributed by atoms with Crippen LogP contribution in [0.3, 0.4) is 0 Å². The molecule has 0 aromatic carbocycles. The molecule has 94 valence electrons. The van der Waals surface area contributed by atoms with E-state index in [0.29, 0.717) is 6.42 Å². The highest BCUT2D eigenvalue weighted by atomic mass is 32.2. The average molecular weight is 260 g/mol. The predicted octanol–water partition coefficient (Wildman–Crippen LogP) is -0.814. The summed E-state index contributed by atoms with van der Waals surface area (Å²) in [5.74, 6) is -0.785. The zero-order valence-corrected chi connectivity index (χ0v) is 9.95. The van der Waals surface area contributed by atoms with Crippen LogP contribution >= 0.6 is 0 Å². The van der Waals surface area contributed by atoms with Crippen molar-refractivity contribution in [1.82, 2.24) is 15.2 Å². The number of anilines is 1. The molecule has 2 heterocycles. The van der Waals surface area contributed by atoms with Crippen molar-refractivity contribution >= 4 is 21.7 Å². The number of nitrogens with one attached hydrogen (secondary N) is 2. The van der Waals surface area contributed by atoms with Crippen LogP contribution in [0.15, 0.2) is 0 Å². The maximum absolute atomic E-state index is 11.7. The number of methoxy groups -OCH3 is 1. The lowest BCUT2D eigenvalue weighted by atomic mass is 10.1. The second-order valence-corrected chi connectivity index (χ2v) is 5.99. The van der Waals surface area contributed by atoms with Crippen molar-refractivity contribution in [3.8, 4) is 6.01 Å². The molecular weight excluding hydrogens is 248 g/mol. The Balaban J connectivity index is 1.98. The number of carbonyl (C=O) groups is 1. The van der Waals surface area contributed by atoms with Crippen molar-refractivity contribution in [2.75, 3.05) is 23.9 Å². The van der Waals surface area contributed by atoms with E-state index in [1.807, 2.05) is 0 Å². The molecule has 1 saturated heterocycles. The van der Waals surface area contributed by atoms with E-state index in [1.165, 1.54) is 7.11 Å². The summed E-state index contributed by atoms with van der Waals surface area (Å²) in [6.07, 6.45) is 0.347. The molecule has 1 fully saturated rings. The molecule has 1 amide bonds. The summed E-state index contributed by atoms with van der Waals surface area (Å²) < 4.78 is 27.2. The van der Waals surface area contributed by atoms with Gasteiger partial charge in [-0.15, -0.1) is 5.10 Å². The largest absolute Gasteiger partial charge is 0.466 e. The monoisotopic (exact) mass is 260 g/mol. The molecule has 0 bridgehead atoms. The van der Waals surface area contributed by atoms with Crippen molar-refractivity contribution in [2.45, 2.75) is 6.42 Å². The first kappa shape index (κ1) is 11.8. The minimum atomic E-state index is -3.06. The first-order valence-corrected chi connectivity index (χ1v) is 6.80. The number of sulfone groups is 1. The highest BCUT2D eigenvalue weighted by Gasteiger charge is 2.33. The molecule has 1 aromatic heterocycles. The van der Waals surface area contributed by atoms with Crippen molar-refractivity contribution in [2.24, 2.45) is 5.92 Å². The zero-order valence-electron chi connectivity index (χ0n) is 9.13. The molecule has 0 radical (unpaired) electrons. The first-order chi connectivity index (χ1) is 8.00. The number of aromatic nitrogens is 3. The van der Waals surface area contributed by atoms with Gasteiger partial charge in [0.15, 0.2) is 9.84 Å². The van der Waals surface area contributed by atoms with Gasteiger partial charge in [-0.25, -0.2) is 13.5 Å². The van der Waals surface area contributed by atoms with Gasteiger partial charge in [0, 0.05) is 0 Å². The van der Waals surface area contributed by atoms with Gasteiger partial charge in [-0.1, -0.05) is 0 Å². The molecule has 0 spiro atoms. The molecule has 17 heavy (non-hydrogen) atoms. The van der Waals surface area contributed by atoms with E-state index in [0.717, 1.165) is 0 Å². The summed E-state index contributed by atoms with van der Waals surface area (Å²) in [4.78, 5) is 15.5. The zero-order chi connectivity index (χ0) is 12.5. The van der Waals surface area contributed by atoms with Gasteiger partial charge in [0.05, 0.1) is 24.5 Å². The maximum atomic E-state index is 11.7. The van der Waals surface area contributed by atoms with Gasteiger partial charge in [0.25, 0.3) is 0 Å². The molecule has 0 saturated carbocycles. The SMILES string of the molecule is COc1n[nH]c(NC(=O)C2CCS(=O)(=O)C2)n1. The minimum Gasteiger partial charge on any atom is -0.466 e. The molecule has 1 unspecified atom stereocenters. The molecular formula is C8H12N4O4S. The third-order valence-corrected chi connectivity index (χ3v) is 4.26. The van der Waals surface area contributed by atoms with Crippen molar-refractivity contribution < 1.29 is 17.9 Å². The Labute approximate surface area is 97.7 Å². The summed E-state index contributed by atoms with van der Waals surface area (Å²) in [6.45, 7) is 0. The normalized spacial score (nSPS) is 22.3. The van der Waals surface area contributed by atoms with E-state index in [9.17, 15) is 13.2 Å². The van der Waals surface area contributed by atoms with Crippen LogP contribution in [0, 0.1) is 5.92 Å². The first-order valence-electron chi connectivity index (χ1n) is 4.98. The second kappa shape index (κ2) is 4.32. The van der Waals surface area contributed by atoms with Crippen molar-refractivity contribution in [3.63, 3.8) is 0 Å². The standard InChI is InChI=1S/C8H12N4O4S/c1-16-8-10-7(11-12-8)9-6(13)5-2-3-17(14,15)4-5/h5H,2-4H2,1H3,(H2,9,10,11,12,13). The maximum Gasteiger partial charge on any atom is 0.336 e. The summed E-state index contributed by atoms with van der Waals surface area (Å²) in [6, 6.07) is 0.111. The third-order valence-electron chi connectivity index (χ3n) is 2.49. The van der Waals surface area contributed by atoms with E-state index < -0.39 is 15.8 Å². The number of rotatable bonds is 3.